The zero-order valence-electron chi connectivity index (χ0n) is 16.7. The molecule has 1 aliphatic rings. The Morgan fingerprint density at radius 3 is 2.64 bits per heavy atom. The monoisotopic (exact) mass is 402 g/mol. The largest absolute Gasteiger partial charge is 0.494 e. The van der Waals surface area contributed by atoms with Crippen molar-refractivity contribution < 1.29 is 14.3 Å². The van der Waals surface area contributed by atoms with Crippen LogP contribution in [-0.2, 0) is 16.0 Å². The Labute approximate surface area is 169 Å². The molecular weight excluding hydrogens is 376 g/mol. The molecule has 2 amide bonds. The number of carbonyl (C=O) groups is 2. The van der Waals surface area contributed by atoms with Gasteiger partial charge >= 0.3 is 0 Å². The molecule has 0 unspecified atom stereocenters. The van der Waals surface area contributed by atoms with E-state index < -0.39 is 5.92 Å². The minimum absolute atomic E-state index is 0.0602. The summed E-state index contributed by atoms with van der Waals surface area (Å²) < 4.78 is 5.43. The van der Waals surface area contributed by atoms with E-state index >= 15 is 0 Å². The first-order chi connectivity index (χ1) is 13.2. The van der Waals surface area contributed by atoms with Crippen molar-refractivity contribution in [2.24, 2.45) is 11.3 Å². The molecule has 1 N–H and O–H groups in total. The number of carbonyl (C=O) groups excluding carboxylic acids is 2. The first-order valence-corrected chi connectivity index (χ1v) is 10.2. The van der Waals surface area contributed by atoms with Crippen LogP contribution in [0.2, 0.25) is 0 Å². The van der Waals surface area contributed by atoms with Crippen molar-refractivity contribution in [1.29, 1.82) is 0 Å². The van der Waals surface area contributed by atoms with Crippen LogP contribution in [0.25, 0.3) is 0 Å². The fourth-order valence-corrected chi connectivity index (χ4v) is 4.10. The molecule has 0 saturated carbocycles. The minimum Gasteiger partial charge on any atom is -0.494 e. The summed E-state index contributed by atoms with van der Waals surface area (Å²) in [6.07, 6.45) is 0.987. The van der Waals surface area contributed by atoms with Crippen molar-refractivity contribution in [2.75, 3.05) is 23.4 Å². The second kappa shape index (κ2) is 8.26. The van der Waals surface area contributed by atoms with Crippen LogP contribution < -0.4 is 15.0 Å². The summed E-state index contributed by atoms with van der Waals surface area (Å²) in [6, 6.07) is 7.34. The molecule has 0 radical (unpaired) electrons. The van der Waals surface area contributed by atoms with Crippen LogP contribution in [0, 0.1) is 11.3 Å². The Kier molecular flexibility index (Phi) is 5.98. The molecule has 1 aliphatic heterocycles. The van der Waals surface area contributed by atoms with Gasteiger partial charge in [-0.15, -0.1) is 10.2 Å². The lowest BCUT2D eigenvalue weighted by Gasteiger charge is -2.17. The van der Waals surface area contributed by atoms with Gasteiger partial charge in [-0.3, -0.25) is 9.59 Å². The molecule has 0 bridgehead atoms. The van der Waals surface area contributed by atoms with Gasteiger partial charge in [0.25, 0.3) is 0 Å². The second-order valence-electron chi connectivity index (χ2n) is 8.06. The highest BCUT2D eigenvalue weighted by molar-refractivity contribution is 7.15. The van der Waals surface area contributed by atoms with Gasteiger partial charge in [-0.1, -0.05) is 32.1 Å². The summed E-state index contributed by atoms with van der Waals surface area (Å²) in [5.74, 6) is 0.0961. The summed E-state index contributed by atoms with van der Waals surface area (Å²) in [5.41, 5.74) is 0.879. The van der Waals surface area contributed by atoms with Gasteiger partial charge in [0.2, 0.25) is 16.9 Å². The first kappa shape index (κ1) is 20.3. The maximum Gasteiger partial charge on any atom is 0.231 e. The Hall–Kier alpha value is -2.48. The van der Waals surface area contributed by atoms with Gasteiger partial charge in [0, 0.05) is 25.1 Å². The Morgan fingerprint density at radius 2 is 2.00 bits per heavy atom. The van der Waals surface area contributed by atoms with E-state index in [4.69, 9.17) is 4.74 Å². The summed E-state index contributed by atoms with van der Waals surface area (Å²) in [7, 11) is 0. The average Bonchev–Trinajstić information content (AvgIpc) is 3.21. The summed E-state index contributed by atoms with van der Waals surface area (Å²) in [6.45, 7) is 9.26. The van der Waals surface area contributed by atoms with E-state index in [9.17, 15) is 9.59 Å². The minimum atomic E-state index is -0.408. The van der Waals surface area contributed by atoms with Crippen molar-refractivity contribution in [2.45, 2.75) is 40.5 Å². The maximum absolute atomic E-state index is 12.6. The molecule has 1 atom stereocenters. The van der Waals surface area contributed by atoms with Gasteiger partial charge in [0.1, 0.15) is 10.8 Å². The lowest BCUT2D eigenvalue weighted by atomic mass is 9.93. The van der Waals surface area contributed by atoms with Crippen molar-refractivity contribution in [1.82, 2.24) is 10.2 Å². The number of benzene rings is 1. The maximum atomic E-state index is 12.6. The predicted octanol–water partition coefficient (Wildman–Crippen LogP) is 3.52. The molecular formula is C20H26N4O3S. The zero-order chi connectivity index (χ0) is 20.3. The van der Waals surface area contributed by atoms with E-state index in [0.717, 1.165) is 22.9 Å². The van der Waals surface area contributed by atoms with Crippen LogP contribution in [0.15, 0.2) is 24.3 Å². The van der Waals surface area contributed by atoms with Gasteiger partial charge in [-0.2, -0.15) is 0 Å². The molecule has 2 aromatic rings. The molecule has 1 aromatic heterocycles. The van der Waals surface area contributed by atoms with Gasteiger partial charge in [0.05, 0.1) is 12.5 Å². The van der Waals surface area contributed by atoms with Crippen LogP contribution in [0.4, 0.5) is 10.8 Å². The summed E-state index contributed by atoms with van der Waals surface area (Å²) >= 11 is 1.38. The average molecular weight is 403 g/mol. The molecule has 8 heteroatoms. The van der Waals surface area contributed by atoms with Crippen LogP contribution >= 0.6 is 11.3 Å². The number of nitrogens with one attached hydrogen (secondary N) is 1. The molecule has 3 rings (SSSR count). The van der Waals surface area contributed by atoms with Crippen LogP contribution in [0.3, 0.4) is 0 Å². The number of rotatable bonds is 6. The standard InChI is InChI=1S/C20H26N4O3S/c1-5-27-15-8-6-14(7-9-15)24-12-13(10-17(24)25)18(26)21-19-23-22-16(28-19)11-20(2,3)4/h6-9,13H,5,10-12H2,1-4H3,(H,21,23,26)/t13-/m1/s1. The number of anilines is 2. The van der Waals surface area contributed by atoms with Crippen molar-refractivity contribution >= 4 is 34.0 Å². The third-order valence-electron chi connectivity index (χ3n) is 4.33. The predicted molar refractivity (Wildman–Crippen MR) is 110 cm³/mol. The fourth-order valence-electron chi connectivity index (χ4n) is 3.06. The summed E-state index contributed by atoms with van der Waals surface area (Å²) in [5, 5.41) is 12.4. The highest BCUT2D eigenvalue weighted by atomic mass is 32.1. The van der Waals surface area contributed by atoms with Crippen molar-refractivity contribution in [3.8, 4) is 5.75 Å². The van der Waals surface area contributed by atoms with Gasteiger partial charge in [-0.25, -0.2) is 0 Å². The SMILES string of the molecule is CCOc1ccc(N2C[C@H](C(=O)Nc3nnc(CC(C)(C)C)s3)CC2=O)cc1. The molecule has 1 fully saturated rings. The van der Waals surface area contributed by atoms with Gasteiger partial charge in [0.15, 0.2) is 0 Å². The zero-order valence-corrected chi connectivity index (χ0v) is 17.5. The molecule has 2 heterocycles. The molecule has 1 saturated heterocycles. The second-order valence-corrected chi connectivity index (χ2v) is 9.12. The molecule has 0 aliphatic carbocycles. The number of aromatic nitrogens is 2. The lowest BCUT2D eigenvalue weighted by molar-refractivity contribution is -0.122. The topological polar surface area (TPSA) is 84.4 Å². The van der Waals surface area contributed by atoms with E-state index in [1.807, 2.05) is 31.2 Å². The normalized spacial score (nSPS) is 17.1. The highest BCUT2D eigenvalue weighted by Crippen LogP contribution is 2.29. The van der Waals surface area contributed by atoms with E-state index in [1.165, 1.54) is 11.3 Å². The molecule has 0 spiro atoms. The Bertz CT molecular complexity index is 842. The van der Waals surface area contributed by atoms with Crippen molar-refractivity contribution in [3.05, 3.63) is 29.3 Å². The number of ether oxygens (including phenoxy) is 1. The molecule has 28 heavy (non-hydrogen) atoms. The molecule has 150 valence electrons. The Balaban J connectivity index is 1.60. The van der Waals surface area contributed by atoms with Gasteiger partial charge < -0.3 is 15.0 Å². The van der Waals surface area contributed by atoms with Crippen molar-refractivity contribution in [3.63, 3.8) is 0 Å². The quantitative estimate of drug-likeness (QED) is 0.799. The molecule has 7 nitrogen and oxygen atoms in total. The number of nitrogens with zero attached hydrogens (tertiary/aromatic N) is 3. The third kappa shape index (κ3) is 5.07. The smallest absolute Gasteiger partial charge is 0.231 e. The van der Waals surface area contributed by atoms with E-state index in [0.29, 0.717) is 18.3 Å². The van der Waals surface area contributed by atoms with E-state index in [-0.39, 0.29) is 23.7 Å². The number of hydrogen-bond acceptors (Lipinski definition) is 6. The first-order valence-electron chi connectivity index (χ1n) is 9.41. The number of amides is 2. The third-order valence-corrected chi connectivity index (χ3v) is 5.17. The fraction of sp³-hybridized carbons (Fsp3) is 0.500. The van der Waals surface area contributed by atoms with Crippen LogP contribution in [0.5, 0.6) is 5.75 Å². The summed E-state index contributed by atoms with van der Waals surface area (Å²) in [4.78, 5) is 26.6. The Morgan fingerprint density at radius 1 is 1.29 bits per heavy atom. The highest BCUT2D eigenvalue weighted by Gasteiger charge is 2.35. The molecule has 1 aromatic carbocycles. The lowest BCUT2D eigenvalue weighted by Crippen LogP contribution is -2.28. The van der Waals surface area contributed by atoms with E-state index in [2.05, 4.69) is 36.3 Å². The number of hydrogen-bond donors (Lipinski definition) is 1. The van der Waals surface area contributed by atoms with Crippen LogP contribution in [-0.4, -0.2) is 35.2 Å². The van der Waals surface area contributed by atoms with Gasteiger partial charge in [-0.05, 0) is 36.6 Å². The van der Waals surface area contributed by atoms with Crippen LogP contribution in [0.1, 0.15) is 39.1 Å². The van der Waals surface area contributed by atoms with E-state index in [1.54, 1.807) is 4.90 Å².